The number of halogens is 4. The standard InChI is InChI=1S/C16H16ClF3N4O2S/c1-2-23(14(25)5-8-27(26)9-6-16(18,19)20)13-11-24(22-15(13)17)12-4-3-7-21-10-12/h3-5,7-8,10-11H,2,6,9H2,1H3/b8-5+. The lowest BCUT2D eigenvalue weighted by molar-refractivity contribution is -0.129. The largest absolute Gasteiger partial charge is 0.390 e. The third-order valence-electron chi connectivity index (χ3n) is 3.38. The SMILES string of the molecule is CCN(C(=O)/C=C/S(=O)CCC(F)(F)F)c1cn(-c2cccnc2)nc1Cl. The molecule has 2 rings (SSSR count). The van der Waals surface area contributed by atoms with Crippen LogP contribution in [0.5, 0.6) is 0 Å². The van der Waals surface area contributed by atoms with Gasteiger partial charge in [-0.25, -0.2) is 4.68 Å². The maximum absolute atomic E-state index is 12.4. The van der Waals surface area contributed by atoms with E-state index in [1.54, 1.807) is 31.5 Å². The van der Waals surface area contributed by atoms with Gasteiger partial charge in [-0.15, -0.1) is 0 Å². The Morgan fingerprint density at radius 2 is 2.19 bits per heavy atom. The lowest BCUT2D eigenvalue weighted by Gasteiger charge is -2.17. The summed E-state index contributed by atoms with van der Waals surface area (Å²) in [6, 6.07) is 3.47. The first kappa shape index (κ1) is 21.1. The number of hydrogen-bond donors (Lipinski definition) is 0. The number of nitrogens with zero attached hydrogens (tertiary/aromatic N) is 4. The number of aromatic nitrogens is 3. The van der Waals surface area contributed by atoms with Gasteiger partial charge in [-0.05, 0) is 19.1 Å². The van der Waals surface area contributed by atoms with Crippen molar-refractivity contribution >= 4 is 34.0 Å². The maximum Gasteiger partial charge on any atom is 0.390 e. The first-order valence-electron chi connectivity index (χ1n) is 7.80. The van der Waals surface area contributed by atoms with E-state index in [0.717, 1.165) is 11.5 Å². The van der Waals surface area contributed by atoms with Crippen LogP contribution < -0.4 is 4.90 Å². The van der Waals surface area contributed by atoms with Gasteiger partial charge in [-0.3, -0.25) is 14.0 Å². The molecule has 0 radical (unpaired) electrons. The number of anilines is 1. The number of hydrogen-bond acceptors (Lipinski definition) is 4. The highest BCUT2D eigenvalue weighted by Gasteiger charge is 2.27. The summed E-state index contributed by atoms with van der Waals surface area (Å²) >= 11 is 6.12. The quantitative estimate of drug-likeness (QED) is 0.643. The summed E-state index contributed by atoms with van der Waals surface area (Å²) in [5.74, 6) is -1.16. The van der Waals surface area contributed by atoms with Crippen molar-refractivity contribution in [2.24, 2.45) is 0 Å². The minimum absolute atomic E-state index is 0.0700. The van der Waals surface area contributed by atoms with Gasteiger partial charge in [0.2, 0.25) is 0 Å². The van der Waals surface area contributed by atoms with Gasteiger partial charge in [0.05, 0.1) is 24.5 Å². The molecule has 6 nitrogen and oxygen atoms in total. The summed E-state index contributed by atoms with van der Waals surface area (Å²) in [6.07, 6.45) is 0.107. The Hall–Kier alpha value is -2.20. The molecule has 2 aromatic rings. The van der Waals surface area contributed by atoms with E-state index in [-0.39, 0.29) is 11.7 Å². The summed E-state index contributed by atoms with van der Waals surface area (Å²) in [7, 11) is -1.90. The molecule has 146 valence electrons. The van der Waals surface area contributed by atoms with E-state index in [4.69, 9.17) is 11.6 Å². The smallest absolute Gasteiger partial charge is 0.305 e. The van der Waals surface area contributed by atoms with E-state index in [0.29, 0.717) is 11.4 Å². The zero-order chi connectivity index (χ0) is 20.0. The number of alkyl halides is 3. The van der Waals surface area contributed by atoms with Gasteiger partial charge in [0.15, 0.2) is 5.15 Å². The summed E-state index contributed by atoms with van der Waals surface area (Å²) < 4.78 is 49.5. The van der Waals surface area contributed by atoms with Crippen LogP contribution in [-0.2, 0) is 15.6 Å². The Morgan fingerprint density at radius 1 is 1.44 bits per heavy atom. The molecule has 0 aliphatic rings. The molecule has 2 aromatic heterocycles. The molecule has 1 amide bonds. The number of rotatable bonds is 7. The normalized spacial score (nSPS) is 13.1. The van der Waals surface area contributed by atoms with Gasteiger partial charge in [-0.1, -0.05) is 11.6 Å². The molecule has 1 atom stereocenters. The fourth-order valence-corrected chi connectivity index (χ4v) is 3.17. The molecule has 27 heavy (non-hydrogen) atoms. The lowest BCUT2D eigenvalue weighted by Crippen LogP contribution is -2.29. The number of likely N-dealkylation sites (N-methyl/N-ethyl adjacent to an activating group) is 1. The van der Waals surface area contributed by atoms with Gasteiger partial charge in [0.25, 0.3) is 5.91 Å². The first-order chi connectivity index (χ1) is 12.7. The molecule has 0 bridgehead atoms. The second-order valence-electron chi connectivity index (χ2n) is 5.30. The molecule has 1 unspecified atom stereocenters. The molecule has 0 N–H and O–H groups in total. The van der Waals surface area contributed by atoms with Crippen LogP contribution in [-0.4, -0.2) is 43.4 Å². The van der Waals surface area contributed by atoms with E-state index in [9.17, 15) is 22.2 Å². The fourth-order valence-electron chi connectivity index (χ4n) is 2.10. The number of carbonyl (C=O) groups is 1. The summed E-state index contributed by atoms with van der Waals surface area (Å²) in [5, 5.41) is 5.15. The van der Waals surface area contributed by atoms with Gasteiger partial charge in [0.1, 0.15) is 5.69 Å². The van der Waals surface area contributed by atoms with E-state index in [2.05, 4.69) is 10.1 Å². The summed E-state index contributed by atoms with van der Waals surface area (Å²) in [6.45, 7) is 1.93. The van der Waals surface area contributed by atoms with Crippen LogP contribution in [0.1, 0.15) is 13.3 Å². The van der Waals surface area contributed by atoms with Crippen LogP contribution in [0.4, 0.5) is 18.9 Å². The minimum atomic E-state index is -4.39. The van der Waals surface area contributed by atoms with Crippen LogP contribution in [0.2, 0.25) is 5.15 Å². The van der Waals surface area contributed by atoms with Crippen molar-refractivity contribution < 1.29 is 22.2 Å². The first-order valence-corrected chi connectivity index (χ1v) is 9.56. The van der Waals surface area contributed by atoms with Crippen molar-refractivity contribution in [3.63, 3.8) is 0 Å². The van der Waals surface area contributed by atoms with Crippen LogP contribution >= 0.6 is 11.6 Å². The summed E-state index contributed by atoms with van der Waals surface area (Å²) in [5.41, 5.74) is 0.955. The molecule has 0 spiro atoms. The minimum Gasteiger partial charge on any atom is -0.305 e. The zero-order valence-corrected chi connectivity index (χ0v) is 15.8. The van der Waals surface area contributed by atoms with E-state index < -0.39 is 35.1 Å². The average molecular weight is 421 g/mol. The highest BCUT2D eigenvalue weighted by Crippen LogP contribution is 2.26. The average Bonchev–Trinajstić information content (AvgIpc) is 3.00. The molecule has 2 heterocycles. The molecule has 0 aromatic carbocycles. The molecular weight excluding hydrogens is 405 g/mol. The molecule has 0 saturated carbocycles. The van der Waals surface area contributed by atoms with E-state index >= 15 is 0 Å². The molecule has 0 saturated heterocycles. The topological polar surface area (TPSA) is 68.1 Å². The summed E-state index contributed by atoms with van der Waals surface area (Å²) in [4.78, 5) is 17.6. The van der Waals surface area contributed by atoms with E-state index in [1.165, 1.54) is 15.8 Å². The Kier molecular flexibility index (Phi) is 7.14. The lowest BCUT2D eigenvalue weighted by atomic mass is 10.4. The van der Waals surface area contributed by atoms with Crippen LogP contribution in [0.15, 0.2) is 42.2 Å². The highest BCUT2D eigenvalue weighted by atomic mass is 35.5. The Bertz CT molecular complexity index is 840. The molecule has 0 aliphatic heterocycles. The van der Waals surface area contributed by atoms with Crippen LogP contribution in [0.25, 0.3) is 5.69 Å². The Balaban J connectivity index is 2.12. The van der Waals surface area contributed by atoms with Crippen molar-refractivity contribution in [3.05, 3.63) is 47.4 Å². The Morgan fingerprint density at radius 3 is 2.78 bits per heavy atom. The third-order valence-corrected chi connectivity index (χ3v) is 4.70. The van der Waals surface area contributed by atoms with Crippen LogP contribution in [0, 0.1) is 0 Å². The predicted octanol–water partition coefficient (Wildman–Crippen LogP) is 3.49. The monoisotopic (exact) mass is 420 g/mol. The van der Waals surface area contributed by atoms with Gasteiger partial charge in [0, 0.05) is 40.8 Å². The zero-order valence-electron chi connectivity index (χ0n) is 14.2. The molecule has 0 aliphatic carbocycles. The van der Waals surface area contributed by atoms with E-state index in [1.807, 2.05) is 0 Å². The molecular formula is C16H16ClF3N4O2S. The second-order valence-corrected chi connectivity index (χ2v) is 7.10. The Labute approximate surface area is 161 Å². The van der Waals surface area contributed by atoms with Crippen molar-refractivity contribution in [1.82, 2.24) is 14.8 Å². The number of pyridine rings is 1. The van der Waals surface area contributed by atoms with Gasteiger partial charge < -0.3 is 4.90 Å². The van der Waals surface area contributed by atoms with Crippen LogP contribution in [0.3, 0.4) is 0 Å². The predicted molar refractivity (Wildman–Crippen MR) is 97.2 cm³/mol. The molecule has 0 fully saturated rings. The fraction of sp³-hybridized carbons (Fsp3) is 0.312. The number of amides is 1. The van der Waals surface area contributed by atoms with Crippen molar-refractivity contribution in [2.75, 3.05) is 17.2 Å². The van der Waals surface area contributed by atoms with Crippen molar-refractivity contribution in [3.8, 4) is 5.69 Å². The van der Waals surface area contributed by atoms with Crippen molar-refractivity contribution in [1.29, 1.82) is 0 Å². The maximum atomic E-state index is 12.4. The second kappa shape index (κ2) is 9.14. The highest BCUT2D eigenvalue weighted by molar-refractivity contribution is 7.87. The van der Waals surface area contributed by atoms with Gasteiger partial charge in [-0.2, -0.15) is 18.3 Å². The molecule has 11 heteroatoms. The number of carbonyl (C=O) groups excluding carboxylic acids is 1. The van der Waals surface area contributed by atoms with Gasteiger partial charge >= 0.3 is 6.18 Å². The third kappa shape index (κ3) is 6.17. The van der Waals surface area contributed by atoms with Crippen molar-refractivity contribution in [2.45, 2.75) is 19.5 Å².